The molecule has 0 aliphatic rings. The van der Waals surface area contributed by atoms with Crippen molar-refractivity contribution in [2.75, 3.05) is 12.4 Å². The van der Waals surface area contributed by atoms with E-state index in [1.165, 1.54) is 11.3 Å². The monoisotopic (exact) mass is 323 g/mol. The van der Waals surface area contributed by atoms with Crippen LogP contribution in [0.1, 0.15) is 35.4 Å². The minimum Gasteiger partial charge on any atom is -0.351 e. The van der Waals surface area contributed by atoms with Gasteiger partial charge in [0.15, 0.2) is 0 Å². The van der Waals surface area contributed by atoms with Gasteiger partial charge in [0.1, 0.15) is 4.88 Å². The van der Waals surface area contributed by atoms with Crippen molar-refractivity contribution < 1.29 is 4.79 Å². The van der Waals surface area contributed by atoms with Crippen LogP contribution in [0, 0.1) is 0 Å². The molecule has 1 N–H and O–H groups in total. The number of rotatable bonds is 7. The third-order valence-corrected chi connectivity index (χ3v) is 4.27. The van der Waals surface area contributed by atoms with Crippen LogP contribution in [0.3, 0.4) is 0 Å². The molecule has 0 saturated carbocycles. The average molecular weight is 325 g/mol. The predicted octanol–water partition coefficient (Wildman–Crippen LogP) is 4.04. The first kappa shape index (κ1) is 14.0. The highest BCUT2D eigenvalue weighted by Crippen LogP contribution is 2.22. The average Bonchev–Trinajstić information content (AvgIpc) is 2.69. The zero-order valence-electron chi connectivity index (χ0n) is 8.97. The van der Waals surface area contributed by atoms with E-state index < -0.39 is 0 Å². The lowest BCUT2D eigenvalue weighted by Crippen LogP contribution is -2.23. The first-order valence-corrected chi connectivity index (χ1v) is 7.53. The van der Waals surface area contributed by atoms with Gasteiger partial charge in [0.25, 0.3) is 5.91 Å². The molecule has 0 aliphatic heterocycles. The molecule has 0 aromatic carbocycles. The highest BCUT2D eigenvalue weighted by Gasteiger charge is 2.09. The van der Waals surface area contributed by atoms with Gasteiger partial charge in [-0.15, -0.1) is 22.9 Å². The minimum absolute atomic E-state index is 0.0132. The Kier molecular flexibility index (Phi) is 7.08. The summed E-state index contributed by atoms with van der Waals surface area (Å²) in [5.74, 6) is 0.744. The van der Waals surface area contributed by atoms with Gasteiger partial charge in [-0.05, 0) is 40.2 Å². The molecule has 0 aliphatic carbocycles. The second kappa shape index (κ2) is 8.09. The van der Waals surface area contributed by atoms with Crippen LogP contribution in [0.5, 0.6) is 0 Å². The summed E-state index contributed by atoms with van der Waals surface area (Å²) in [5.41, 5.74) is 0. The van der Waals surface area contributed by atoms with E-state index >= 15 is 0 Å². The van der Waals surface area contributed by atoms with Gasteiger partial charge in [0, 0.05) is 16.9 Å². The molecule has 2 nitrogen and oxygen atoms in total. The summed E-state index contributed by atoms with van der Waals surface area (Å²) in [4.78, 5) is 12.4. The van der Waals surface area contributed by atoms with E-state index in [4.69, 9.17) is 11.6 Å². The molecule has 1 heterocycles. The Morgan fingerprint density at radius 1 is 1.38 bits per heavy atom. The van der Waals surface area contributed by atoms with Crippen molar-refractivity contribution in [1.82, 2.24) is 5.32 Å². The molecule has 0 unspecified atom stereocenters. The SMILES string of the molecule is O=C(NCCCCCCCl)c1sccc1Br. The van der Waals surface area contributed by atoms with Crippen molar-refractivity contribution in [3.05, 3.63) is 20.8 Å². The third-order valence-electron chi connectivity index (χ3n) is 2.17. The number of hydrogen-bond donors (Lipinski definition) is 1. The third kappa shape index (κ3) is 4.85. The van der Waals surface area contributed by atoms with Crippen LogP contribution in [0.25, 0.3) is 0 Å². The number of halogens is 2. The quantitative estimate of drug-likeness (QED) is 0.595. The summed E-state index contributed by atoms with van der Waals surface area (Å²) in [6.45, 7) is 0.742. The van der Waals surface area contributed by atoms with Crippen LogP contribution in [-0.2, 0) is 0 Å². The summed E-state index contributed by atoms with van der Waals surface area (Å²) in [5, 5.41) is 4.81. The molecule has 90 valence electrons. The van der Waals surface area contributed by atoms with Gasteiger partial charge < -0.3 is 5.32 Å². The Bertz CT molecular complexity index is 330. The van der Waals surface area contributed by atoms with Crippen molar-refractivity contribution in [3.63, 3.8) is 0 Å². The number of hydrogen-bond acceptors (Lipinski definition) is 2. The first-order chi connectivity index (χ1) is 7.75. The van der Waals surface area contributed by atoms with Crippen molar-refractivity contribution in [3.8, 4) is 0 Å². The fraction of sp³-hybridized carbons (Fsp3) is 0.545. The molecule has 0 bridgehead atoms. The summed E-state index contributed by atoms with van der Waals surface area (Å²) >= 11 is 10.4. The largest absolute Gasteiger partial charge is 0.351 e. The number of carbonyl (C=O) groups excluding carboxylic acids is 1. The number of alkyl halides is 1. The number of carbonyl (C=O) groups is 1. The molecule has 0 spiro atoms. The van der Waals surface area contributed by atoms with Crippen LogP contribution in [-0.4, -0.2) is 18.3 Å². The molecule has 0 saturated heterocycles. The standard InChI is InChI=1S/C11H15BrClNOS/c12-9-5-8-16-10(9)11(15)14-7-4-2-1-3-6-13/h5,8H,1-4,6-7H2,(H,14,15). The van der Waals surface area contributed by atoms with E-state index in [1.807, 2.05) is 11.4 Å². The van der Waals surface area contributed by atoms with E-state index in [0.29, 0.717) is 0 Å². The Morgan fingerprint density at radius 2 is 2.12 bits per heavy atom. The normalized spacial score (nSPS) is 10.4. The molecule has 1 aromatic heterocycles. The molecule has 1 rings (SSSR count). The maximum absolute atomic E-state index is 11.7. The number of nitrogens with one attached hydrogen (secondary N) is 1. The minimum atomic E-state index is 0.0132. The lowest BCUT2D eigenvalue weighted by atomic mass is 10.2. The predicted molar refractivity (Wildman–Crippen MR) is 73.5 cm³/mol. The molecular weight excluding hydrogens is 310 g/mol. The van der Waals surface area contributed by atoms with Gasteiger partial charge in [0.2, 0.25) is 0 Å². The zero-order valence-corrected chi connectivity index (χ0v) is 12.1. The molecule has 1 amide bonds. The highest BCUT2D eigenvalue weighted by molar-refractivity contribution is 9.10. The van der Waals surface area contributed by atoms with E-state index in [9.17, 15) is 4.79 Å². The van der Waals surface area contributed by atoms with Crippen molar-refractivity contribution in [2.45, 2.75) is 25.7 Å². The second-order valence-corrected chi connectivity index (χ2v) is 5.61. The zero-order chi connectivity index (χ0) is 11.8. The van der Waals surface area contributed by atoms with Gasteiger partial charge in [-0.3, -0.25) is 4.79 Å². The Hall–Kier alpha value is -0.0600. The van der Waals surface area contributed by atoms with E-state index in [2.05, 4.69) is 21.2 Å². The fourth-order valence-corrected chi connectivity index (χ4v) is 2.97. The smallest absolute Gasteiger partial charge is 0.262 e. The summed E-state index contributed by atoms with van der Waals surface area (Å²) in [6.07, 6.45) is 4.35. The van der Waals surface area contributed by atoms with E-state index in [1.54, 1.807) is 0 Å². The van der Waals surface area contributed by atoms with Crippen molar-refractivity contribution in [2.24, 2.45) is 0 Å². The van der Waals surface area contributed by atoms with Gasteiger partial charge in [0.05, 0.1) is 0 Å². The van der Waals surface area contributed by atoms with E-state index in [0.717, 1.165) is 47.5 Å². The van der Waals surface area contributed by atoms with Crippen LogP contribution in [0.15, 0.2) is 15.9 Å². The topological polar surface area (TPSA) is 29.1 Å². The first-order valence-electron chi connectivity index (χ1n) is 5.33. The van der Waals surface area contributed by atoms with Crippen LogP contribution < -0.4 is 5.32 Å². The maximum atomic E-state index is 11.7. The molecule has 16 heavy (non-hydrogen) atoms. The van der Waals surface area contributed by atoms with Crippen LogP contribution in [0.2, 0.25) is 0 Å². The van der Waals surface area contributed by atoms with Crippen LogP contribution in [0.4, 0.5) is 0 Å². The molecule has 0 radical (unpaired) electrons. The van der Waals surface area contributed by atoms with Gasteiger partial charge in [-0.25, -0.2) is 0 Å². The fourth-order valence-electron chi connectivity index (χ4n) is 1.31. The van der Waals surface area contributed by atoms with Crippen LogP contribution >= 0.6 is 38.9 Å². The molecular formula is C11H15BrClNOS. The van der Waals surface area contributed by atoms with Crippen molar-refractivity contribution in [1.29, 1.82) is 0 Å². The van der Waals surface area contributed by atoms with E-state index in [-0.39, 0.29) is 5.91 Å². The summed E-state index contributed by atoms with van der Waals surface area (Å²) in [6, 6.07) is 1.89. The van der Waals surface area contributed by atoms with Gasteiger partial charge in [-0.1, -0.05) is 12.8 Å². The Balaban J connectivity index is 2.14. The molecule has 1 aromatic rings. The number of amides is 1. The molecule has 5 heteroatoms. The summed E-state index contributed by atoms with van der Waals surface area (Å²) < 4.78 is 0.872. The number of unbranched alkanes of at least 4 members (excludes halogenated alkanes) is 3. The molecule has 0 atom stereocenters. The summed E-state index contributed by atoms with van der Waals surface area (Å²) in [7, 11) is 0. The maximum Gasteiger partial charge on any atom is 0.262 e. The van der Waals surface area contributed by atoms with Crippen molar-refractivity contribution >= 4 is 44.8 Å². The lowest BCUT2D eigenvalue weighted by molar-refractivity contribution is 0.0956. The number of thiophene rings is 1. The Morgan fingerprint density at radius 3 is 2.75 bits per heavy atom. The molecule has 0 fully saturated rings. The lowest BCUT2D eigenvalue weighted by Gasteiger charge is -2.03. The second-order valence-electron chi connectivity index (χ2n) is 3.46. The van der Waals surface area contributed by atoms with Gasteiger partial charge >= 0.3 is 0 Å². The van der Waals surface area contributed by atoms with Gasteiger partial charge in [-0.2, -0.15) is 0 Å². The Labute approximate surface area is 114 Å². The highest BCUT2D eigenvalue weighted by atomic mass is 79.9.